The molecule has 2 aromatic heterocycles. The molecule has 0 bridgehead atoms. The van der Waals surface area contributed by atoms with Crippen molar-refractivity contribution in [1.82, 2.24) is 9.55 Å². The van der Waals surface area contributed by atoms with Crippen LogP contribution in [0.3, 0.4) is 0 Å². The summed E-state index contributed by atoms with van der Waals surface area (Å²) in [5, 5.41) is 3.58. The Morgan fingerprint density at radius 2 is 2.08 bits per heavy atom. The predicted octanol–water partition coefficient (Wildman–Crippen LogP) is 3.10. The minimum absolute atomic E-state index is 0.115. The number of amides is 1. The molecule has 1 aliphatic rings. The summed E-state index contributed by atoms with van der Waals surface area (Å²) in [6.07, 6.45) is 1.39. The van der Waals surface area contributed by atoms with Crippen LogP contribution in [-0.4, -0.2) is 22.3 Å². The van der Waals surface area contributed by atoms with E-state index in [1.165, 1.54) is 22.2 Å². The van der Waals surface area contributed by atoms with Gasteiger partial charge in [0.2, 0.25) is 12.7 Å². The Morgan fingerprint density at radius 1 is 1.35 bits per heavy atom. The van der Waals surface area contributed by atoms with Gasteiger partial charge in [-0.15, -0.1) is 11.3 Å². The molecule has 0 saturated heterocycles. The molecule has 1 aromatic carbocycles. The molecular weight excluding hydrogens is 378 g/mol. The number of anilines is 1. The monoisotopic (exact) mass is 391 g/mol. The van der Waals surface area contributed by atoms with E-state index in [1.54, 1.807) is 12.1 Å². The first kappa shape index (κ1) is 16.9. The molecule has 4 rings (SSSR count). The van der Waals surface area contributed by atoms with Crippen LogP contribution in [0.2, 0.25) is 5.02 Å². The number of fused-ring (bicyclic) bond motifs is 2. The molecule has 134 valence electrons. The maximum absolute atomic E-state index is 12.7. The quantitative estimate of drug-likeness (QED) is 0.741. The van der Waals surface area contributed by atoms with E-state index >= 15 is 0 Å². The van der Waals surface area contributed by atoms with Gasteiger partial charge in [0.1, 0.15) is 11.4 Å². The van der Waals surface area contributed by atoms with Gasteiger partial charge in [0.25, 0.3) is 5.56 Å². The fourth-order valence-electron chi connectivity index (χ4n) is 2.74. The number of hydrogen-bond acceptors (Lipinski definition) is 6. The summed E-state index contributed by atoms with van der Waals surface area (Å²) in [6.45, 7) is 3.78. The van der Waals surface area contributed by atoms with Crippen LogP contribution in [0.15, 0.2) is 23.3 Å². The maximum atomic E-state index is 12.7. The van der Waals surface area contributed by atoms with Crippen LogP contribution in [-0.2, 0) is 11.3 Å². The Hall–Kier alpha value is -2.58. The first-order valence-electron chi connectivity index (χ1n) is 7.78. The number of rotatable bonds is 3. The van der Waals surface area contributed by atoms with E-state index in [4.69, 9.17) is 21.1 Å². The Kier molecular flexibility index (Phi) is 4.08. The number of nitrogens with one attached hydrogen (secondary N) is 1. The van der Waals surface area contributed by atoms with Gasteiger partial charge < -0.3 is 14.8 Å². The molecule has 0 radical (unpaired) electrons. The van der Waals surface area contributed by atoms with E-state index < -0.39 is 5.91 Å². The number of aryl methyl sites for hydroxylation is 2. The minimum atomic E-state index is -0.390. The topological polar surface area (TPSA) is 82.5 Å². The second-order valence-corrected chi connectivity index (χ2v) is 7.48. The fraction of sp³-hybridized carbons (Fsp3) is 0.235. The molecule has 9 heteroatoms. The van der Waals surface area contributed by atoms with Gasteiger partial charge in [0.05, 0.1) is 22.4 Å². The van der Waals surface area contributed by atoms with E-state index in [2.05, 4.69) is 10.3 Å². The average molecular weight is 392 g/mol. The highest BCUT2D eigenvalue weighted by molar-refractivity contribution is 7.18. The van der Waals surface area contributed by atoms with Crippen molar-refractivity contribution in [3.63, 3.8) is 0 Å². The summed E-state index contributed by atoms with van der Waals surface area (Å²) in [6, 6.07) is 3.18. The second-order valence-electron chi connectivity index (χ2n) is 5.87. The lowest BCUT2D eigenvalue weighted by Crippen LogP contribution is -2.28. The molecule has 1 amide bonds. The van der Waals surface area contributed by atoms with Crippen molar-refractivity contribution in [2.75, 3.05) is 12.1 Å². The highest BCUT2D eigenvalue weighted by atomic mass is 35.5. The third kappa shape index (κ3) is 2.81. The molecule has 0 atom stereocenters. The lowest BCUT2D eigenvalue weighted by Gasteiger charge is -2.09. The lowest BCUT2D eigenvalue weighted by molar-refractivity contribution is -0.116. The Balaban J connectivity index is 1.59. The zero-order valence-electron chi connectivity index (χ0n) is 14.0. The number of aromatic nitrogens is 2. The highest BCUT2D eigenvalue weighted by Crippen LogP contribution is 2.39. The smallest absolute Gasteiger partial charge is 0.262 e. The average Bonchev–Trinajstić information content (AvgIpc) is 3.15. The van der Waals surface area contributed by atoms with Gasteiger partial charge in [-0.25, -0.2) is 4.98 Å². The highest BCUT2D eigenvalue weighted by Gasteiger charge is 2.18. The number of benzene rings is 1. The Bertz CT molecular complexity index is 1110. The van der Waals surface area contributed by atoms with Crippen LogP contribution in [0, 0.1) is 13.8 Å². The summed E-state index contributed by atoms with van der Waals surface area (Å²) in [7, 11) is 0. The van der Waals surface area contributed by atoms with Gasteiger partial charge >= 0.3 is 0 Å². The van der Waals surface area contributed by atoms with Gasteiger partial charge in [-0.3, -0.25) is 14.2 Å². The first-order chi connectivity index (χ1) is 12.4. The third-order valence-electron chi connectivity index (χ3n) is 4.21. The molecular formula is C17H14ClN3O4S. The van der Waals surface area contributed by atoms with E-state index in [9.17, 15) is 9.59 Å². The zero-order valence-corrected chi connectivity index (χ0v) is 15.5. The maximum Gasteiger partial charge on any atom is 0.262 e. The van der Waals surface area contributed by atoms with Crippen LogP contribution >= 0.6 is 22.9 Å². The number of thiophene rings is 1. The van der Waals surface area contributed by atoms with Gasteiger partial charge in [-0.1, -0.05) is 11.6 Å². The lowest BCUT2D eigenvalue weighted by atomic mass is 10.2. The van der Waals surface area contributed by atoms with Crippen LogP contribution in [0.4, 0.5) is 5.69 Å². The number of hydrogen-bond donors (Lipinski definition) is 1. The normalized spacial score (nSPS) is 12.6. The molecule has 0 unspecified atom stereocenters. The molecule has 0 saturated carbocycles. The van der Waals surface area contributed by atoms with Crippen LogP contribution in [0.25, 0.3) is 10.2 Å². The van der Waals surface area contributed by atoms with Crippen LogP contribution in [0.1, 0.15) is 10.4 Å². The Labute approximate surface area is 157 Å². The van der Waals surface area contributed by atoms with Gasteiger partial charge in [0, 0.05) is 17.0 Å². The number of carbonyl (C=O) groups excluding carboxylic acids is 1. The third-order valence-corrected chi connectivity index (χ3v) is 5.63. The van der Waals surface area contributed by atoms with E-state index in [1.807, 2.05) is 13.8 Å². The molecule has 0 spiro atoms. The van der Waals surface area contributed by atoms with Gasteiger partial charge in [0.15, 0.2) is 11.5 Å². The number of halogens is 1. The van der Waals surface area contributed by atoms with Gasteiger partial charge in [-0.2, -0.15) is 0 Å². The summed E-state index contributed by atoms with van der Waals surface area (Å²) in [5.41, 5.74) is 1.06. The molecule has 3 heterocycles. The van der Waals surface area contributed by atoms with Crippen molar-refractivity contribution in [2.45, 2.75) is 20.4 Å². The molecule has 26 heavy (non-hydrogen) atoms. The minimum Gasteiger partial charge on any atom is -0.454 e. The summed E-state index contributed by atoms with van der Waals surface area (Å²) in [5.74, 6) is 0.648. The number of carbonyl (C=O) groups is 1. The molecule has 7 nitrogen and oxygen atoms in total. The Morgan fingerprint density at radius 3 is 2.85 bits per heavy atom. The largest absolute Gasteiger partial charge is 0.454 e. The zero-order chi connectivity index (χ0) is 18.4. The summed E-state index contributed by atoms with van der Waals surface area (Å²) >= 11 is 7.63. The van der Waals surface area contributed by atoms with Crippen molar-refractivity contribution in [2.24, 2.45) is 0 Å². The predicted molar refractivity (Wildman–Crippen MR) is 99.6 cm³/mol. The van der Waals surface area contributed by atoms with E-state index in [0.29, 0.717) is 32.4 Å². The SMILES string of the molecule is Cc1sc2ncn(CC(=O)Nc3cc4c(cc3Cl)OCO4)c(=O)c2c1C. The fourth-order valence-corrected chi connectivity index (χ4v) is 3.93. The van der Waals surface area contributed by atoms with E-state index in [0.717, 1.165) is 10.4 Å². The van der Waals surface area contributed by atoms with Crippen LogP contribution < -0.4 is 20.3 Å². The van der Waals surface area contributed by atoms with Gasteiger partial charge in [-0.05, 0) is 19.4 Å². The molecule has 0 aliphatic carbocycles. The second kappa shape index (κ2) is 6.30. The molecule has 1 aliphatic heterocycles. The summed E-state index contributed by atoms with van der Waals surface area (Å²) < 4.78 is 11.8. The first-order valence-corrected chi connectivity index (χ1v) is 8.97. The standard InChI is InChI=1S/C17H14ClN3O4S/c1-8-9(2)26-16-15(8)17(23)21(6-19-16)5-14(22)20-11-4-13-12(3-10(11)18)24-7-25-13/h3-4,6H,5,7H2,1-2H3,(H,20,22). The van der Waals surface area contributed by atoms with Crippen molar-refractivity contribution in [3.05, 3.63) is 44.3 Å². The van der Waals surface area contributed by atoms with Crippen LogP contribution in [0.5, 0.6) is 11.5 Å². The van der Waals surface area contributed by atoms with E-state index in [-0.39, 0.29) is 18.9 Å². The molecule has 3 aromatic rings. The van der Waals surface area contributed by atoms with Crippen molar-refractivity contribution < 1.29 is 14.3 Å². The van der Waals surface area contributed by atoms with Crippen molar-refractivity contribution in [1.29, 1.82) is 0 Å². The number of nitrogens with zero attached hydrogens (tertiary/aromatic N) is 2. The molecule has 0 fully saturated rings. The number of ether oxygens (including phenoxy) is 2. The van der Waals surface area contributed by atoms with Crippen molar-refractivity contribution in [3.8, 4) is 11.5 Å². The van der Waals surface area contributed by atoms with Crippen molar-refractivity contribution >= 4 is 44.7 Å². The molecule has 1 N–H and O–H groups in total. The summed E-state index contributed by atoms with van der Waals surface area (Å²) in [4.78, 5) is 31.1.